The molecule has 0 bridgehead atoms. The Bertz CT molecular complexity index is 1150. The molecule has 0 unspecified atom stereocenters. The van der Waals surface area contributed by atoms with E-state index in [1.54, 1.807) is 36.5 Å². The van der Waals surface area contributed by atoms with E-state index in [4.69, 9.17) is 23.1 Å². The molecule has 10 heteroatoms. The second kappa shape index (κ2) is 17.4. The van der Waals surface area contributed by atoms with E-state index in [1.165, 1.54) is 6.20 Å². The lowest BCUT2D eigenvalue weighted by Gasteiger charge is -2.32. The molecule has 1 aliphatic rings. The number of anilines is 2. The van der Waals surface area contributed by atoms with Gasteiger partial charge in [-0.1, -0.05) is 49.6 Å². The largest absolute Gasteiger partial charge is 0.404 e. The number of aliphatic imine (C=N–C) groups is 2. The molecule has 1 aliphatic heterocycles. The molecule has 0 amide bonds. The third-order valence-electron chi connectivity index (χ3n) is 5.34. The number of hydrogen-bond donors (Lipinski definition) is 5. The van der Waals surface area contributed by atoms with Gasteiger partial charge in [-0.25, -0.2) is 0 Å². The molecule has 2 rings (SSSR count). The predicted octanol–water partition coefficient (Wildman–Crippen LogP) is 3.76. The molecule has 0 fully saturated rings. The van der Waals surface area contributed by atoms with Gasteiger partial charge in [0.25, 0.3) is 0 Å². The molecule has 1 aromatic carbocycles. The number of benzene rings is 1. The molecule has 0 radical (unpaired) electrons. The van der Waals surface area contributed by atoms with E-state index in [-0.39, 0.29) is 6.54 Å². The van der Waals surface area contributed by atoms with Gasteiger partial charge in [0.1, 0.15) is 12.1 Å². The maximum Gasteiger partial charge on any atom is 0.148 e. The average Bonchev–Trinajstić information content (AvgIpc) is 2.91. The first-order valence-electron chi connectivity index (χ1n) is 11.9. The highest BCUT2D eigenvalue weighted by atomic mass is 35.5. The predicted molar refractivity (Wildman–Crippen MR) is 163 cm³/mol. The average molecular weight is 539 g/mol. The Hall–Kier alpha value is -4.08. The van der Waals surface area contributed by atoms with E-state index in [9.17, 15) is 4.79 Å². The van der Waals surface area contributed by atoms with E-state index in [0.717, 1.165) is 36.1 Å². The molecule has 1 heterocycles. The summed E-state index contributed by atoms with van der Waals surface area (Å²) in [5.74, 6) is 0.609. The monoisotopic (exact) mass is 538 g/mol. The molecular formula is C28H39ClN8O. The van der Waals surface area contributed by atoms with Crippen molar-refractivity contribution in [2.75, 3.05) is 45.3 Å². The minimum atomic E-state index is 0.147. The third-order valence-corrected chi connectivity index (χ3v) is 5.65. The first kappa shape index (κ1) is 31.9. The van der Waals surface area contributed by atoms with Crippen LogP contribution in [-0.2, 0) is 11.3 Å². The molecule has 7 N–H and O–H groups in total. The van der Waals surface area contributed by atoms with E-state index in [2.05, 4.69) is 45.7 Å². The zero-order valence-corrected chi connectivity index (χ0v) is 23.2. The van der Waals surface area contributed by atoms with Crippen molar-refractivity contribution in [3.63, 3.8) is 0 Å². The van der Waals surface area contributed by atoms with E-state index >= 15 is 0 Å². The highest BCUT2D eigenvalue weighted by Crippen LogP contribution is 2.28. The Morgan fingerprint density at radius 3 is 2.58 bits per heavy atom. The Labute approximate surface area is 231 Å². The Kier molecular flexibility index (Phi) is 14.6. The van der Waals surface area contributed by atoms with Gasteiger partial charge in [-0.2, -0.15) is 0 Å². The fourth-order valence-electron chi connectivity index (χ4n) is 3.45. The number of carbonyl (C=O) groups is 1. The lowest BCUT2D eigenvalue weighted by atomic mass is 10.1. The summed E-state index contributed by atoms with van der Waals surface area (Å²) >= 11 is 5.94. The summed E-state index contributed by atoms with van der Waals surface area (Å²) in [5.41, 5.74) is 17.0. The molecule has 1 aromatic rings. The number of nitrogen functional groups attached to an aromatic ring is 1. The van der Waals surface area contributed by atoms with Crippen LogP contribution in [0.15, 0.2) is 95.0 Å². The van der Waals surface area contributed by atoms with Crippen LogP contribution >= 0.6 is 11.6 Å². The highest BCUT2D eigenvalue weighted by Gasteiger charge is 2.23. The van der Waals surface area contributed by atoms with Gasteiger partial charge in [0.15, 0.2) is 0 Å². The number of rotatable bonds is 12. The van der Waals surface area contributed by atoms with Crippen molar-refractivity contribution < 1.29 is 4.79 Å². The summed E-state index contributed by atoms with van der Waals surface area (Å²) in [5, 5.41) is 9.76. The van der Waals surface area contributed by atoms with Crippen molar-refractivity contribution in [1.82, 2.24) is 15.5 Å². The summed E-state index contributed by atoms with van der Waals surface area (Å²) < 4.78 is 0. The maximum absolute atomic E-state index is 11.1. The summed E-state index contributed by atoms with van der Waals surface area (Å²) in [4.78, 5) is 21.3. The molecule has 9 nitrogen and oxygen atoms in total. The zero-order chi connectivity index (χ0) is 28.5. The van der Waals surface area contributed by atoms with Crippen molar-refractivity contribution in [1.29, 1.82) is 0 Å². The fraction of sp³-hybridized carbons (Fsp3) is 0.250. The summed E-state index contributed by atoms with van der Waals surface area (Å²) in [6.07, 6.45) is 11.7. The molecule has 0 atom stereocenters. The van der Waals surface area contributed by atoms with Crippen LogP contribution in [0.5, 0.6) is 0 Å². The van der Waals surface area contributed by atoms with Crippen LogP contribution in [0, 0.1) is 0 Å². The van der Waals surface area contributed by atoms with Crippen molar-refractivity contribution in [3.8, 4) is 0 Å². The lowest BCUT2D eigenvalue weighted by Crippen LogP contribution is -2.39. The van der Waals surface area contributed by atoms with Gasteiger partial charge in [-0.15, -0.1) is 0 Å². The fourth-order valence-corrected chi connectivity index (χ4v) is 3.69. The van der Waals surface area contributed by atoms with Crippen LogP contribution < -0.4 is 27.4 Å². The minimum Gasteiger partial charge on any atom is -0.404 e. The number of amidine groups is 1. The normalized spacial score (nSPS) is 14.9. The number of halogens is 1. The molecule has 0 saturated heterocycles. The molecule has 0 saturated carbocycles. The van der Waals surface area contributed by atoms with Crippen LogP contribution in [0.1, 0.15) is 12.0 Å². The van der Waals surface area contributed by atoms with Gasteiger partial charge >= 0.3 is 0 Å². The first-order chi connectivity index (χ1) is 18.3. The van der Waals surface area contributed by atoms with Crippen molar-refractivity contribution >= 4 is 41.3 Å². The van der Waals surface area contributed by atoms with Crippen LogP contribution in [0.3, 0.4) is 0 Å². The van der Waals surface area contributed by atoms with Crippen molar-refractivity contribution in [2.24, 2.45) is 15.7 Å². The number of allylic oxidation sites excluding steroid dienone is 4. The highest BCUT2D eigenvalue weighted by molar-refractivity contribution is 6.33. The van der Waals surface area contributed by atoms with E-state index in [1.807, 2.05) is 32.3 Å². The van der Waals surface area contributed by atoms with Crippen LogP contribution in [0.4, 0.5) is 11.4 Å². The van der Waals surface area contributed by atoms with Gasteiger partial charge in [0, 0.05) is 51.4 Å². The molecule has 0 aliphatic carbocycles. The smallest absolute Gasteiger partial charge is 0.148 e. The number of nitrogens with one attached hydrogen (secondary N) is 3. The van der Waals surface area contributed by atoms with Crippen LogP contribution in [0.2, 0.25) is 5.02 Å². The topological polar surface area (TPSA) is 133 Å². The van der Waals surface area contributed by atoms with Gasteiger partial charge in [0.2, 0.25) is 0 Å². The number of nitrogens with zero attached hydrogens (tertiary/aromatic N) is 3. The van der Waals surface area contributed by atoms with Gasteiger partial charge < -0.3 is 37.1 Å². The lowest BCUT2D eigenvalue weighted by molar-refractivity contribution is -0.108. The van der Waals surface area contributed by atoms with Crippen molar-refractivity contribution in [3.05, 3.63) is 95.6 Å². The van der Waals surface area contributed by atoms with Gasteiger partial charge in [-0.05, 0) is 36.7 Å². The van der Waals surface area contributed by atoms with E-state index < -0.39 is 0 Å². The molecule has 0 spiro atoms. The van der Waals surface area contributed by atoms with Crippen LogP contribution in [0.25, 0.3) is 0 Å². The SMILES string of the molecule is C=C/C=C(\C=C)CCN=C1NC=C(/C(C=NC)=C/N)N(CC=O)C1=C.CNCc1cc(Cl)c(N)c(NC)c1. The molecule has 204 valence electrons. The maximum atomic E-state index is 11.1. The van der Waals surface area contributed by atoms with Crippen LogP contribution in [-0.4, -0.2) is 57.5 Å². The molecule has 38 heavy (non-hydrogen) atoms. The Balaban J connectivity index is 0.000000464. The standard InChI is InChI=1S/C19H25N5O.C9H14ClN3/c1-5-7-16(6-2)8-9-22-19-15(3)24(10-11-25)18(14-23-19)17(12-20)13-21-4;1-12-5-6-3-7(10)9(11)8(4-6)13-2/h5-7,11-14H,1-3,8-10,20H2,4H3,(H,22,23);3-4,12-13H,5,11H2,1-2H3/b16-7+,17-12+,21-13?;. The number of carbonyl (C=O) groups excluding carboxylic acids is 1. The molecule has 0 aromatic heterocycles. The Morgan fingerprint density at radius 2 is 2.03 bits per heavy atom. The summed E-state index contributed by atoms with van der Waals surface area (Å²) in [6.45, 7) is 13.0. The number of nitrogens with two attached hydrogens (primary N) is 2. The van der Waals surface area contributed by atoms with Gasteiger partial charge in [0.05, 0.1) is 34.3 Å². The second-order valence-corrected chi connectivity index (χ2v) is 8.30. The summed E-state index contributed by atoms with van der Waals surface area (Å²) in [6, 6.07) is 3.85. The molecular weight excluding hydrogens is 500 g/mol. The first-order valence-corrected chi connectivity index (χ1v) is 12.3. The Morgan fingerprint density at radius 1 is 1.29 bits per heavy atom. The quantitative estimate of drug-likeness (QED) is 0.118. The number of aldehydes is 1. The van der Waals surface area contributed by atoms with E-state index in [0.29, 0.717) is 40.1 Å². The zero-order valence-electron chi connectivity index (χ0n) is 22.4. The van der Waals surface area contributed by atoms with Gasteiger partial charge in [-0.3, -0.25) is 9.98 Å². The minimum absolute atomic E-state index is 0.147. The summed E-state index contributed by atoms with van der Waals surface area (Å²) in [7, 11) is 5.37. The number of hydrogen-bond acceptors (Lipinski definition) is 8. The van der Waals surface area contributed by atoms with Crippen molar-refractivity contribution in [2.45, 2.75) is 13.0 Å². The third kappa shape index (κ3) is 9.42. The second-order valence-electron chi connectivity index (χ2n) is 7.89.